The largest absolute Gasteiger partial charge is 0.492 e. The third-order valence-electron chi connectivity index (χ3n) is 2.72. The molecule has 0 heterocycles. The highest BCUT2D eigenvalue weighted by atomic mass is 16.5. The van der Waals surface area contributed by atoms with Crippen molar-refractivity contribution >= 4 is 11.6 Å². The zero-order valence-corrected chi connectivity index (χ0v) is 11.7. The average Bonchev–Trinajstić information content (AvgIpc) is 2.39. The first-order chi connectivity index (χ1) is 9.15. The molecule has 0 aliphatic rings. The summed E-state index contributed by atoms with van der Waals surface area (Å²) in [6, 6.07) is 7.35. The topological polar surface area (TPSA) is 67.6 Å². The van der Waals surface area contributed by atoms with E-state index < -0.39 is 0 Å². The number of likely N-dealkylation sites (N-methyl/N-ethyl adjacent to an activating group) is 1. The summed E-state index contributed by atoms with van der Waals surface area (Å²) in [7, 11) is 1.65. The van der Waals surface area contributed by atoms with E-state index in [1.807, 2.05) is 18.2 Å². The van der Waals surface area contributed by atoms with Gasteiger partial charge in [0.1, 0.15) is 12.4 Å². The number of nitrogens with one attached hydrogen (secondary N) is 1. The molecule has 19 heavy (non-hydrogen) atoms. The molecule has 0 saturated carbocycles. The number of hydrogen-bond acceptors (Lipinski definition) is 4. The molecule has 0 radical (unpaired) electrons. The number of anilines is 1. The van der Waals surface area contributed by atoms with E-state index in [0.29, 0.717) is 18.8 Å². The smallest absolute Gasteiger partial charge is 0.233 e. The van der Waals surface area contributed by atoms with Crippen LogP contribution in [0.2, 0.25) is 0 Å². The molecule has 0 unspecified atom stereocenters. The first-order valence-corrected chi connectivity index (χ1v) is 6.57. The van der Waals surface area contributed by atoms with E-state index in [0.717, 1.165) is 25.3 Å². The number of nitrogens with two attached hydrogens (primary N) is 1. The normalized spacial score (nSPS) is 10.5. The molecule has 0 aromatic heterocycles. The third kappa shape index (κ3) is 6.10. The van der Waals surface area contributed by atoms with Gasteiger partial charge in [0, 0.05) is 25.3 Å². The van der Waals surface area contributed by atoms with Crippen LogP contribution < -0.4 is 15.8 Å². The molecule has 5 nitrogen and oxygen atoms in total. The minimum atomic E-state index is 0.0254. The maximum atomic E-state index is 11.4. The van der Waals surface area contributed by atoms with Gasteiger partial charge in [-0.15, -0.1) is 0 Å². The lowest BCUT2D eigenvalue weighted by molar-refractivity contribution is -0.121. The second-order valence-corrected chi connectivity index (χ2v) is 4.37. The van der Waals surface area contributed by atoms with Crippen LogP contribution in [0.25, 0.3) is 0 Å². The zero-order valence-electron chi connectivity index (χ0n) is 11.7. The van der Waals surface area contributed by atoms with Crippen molar-refractivity contribution in [1.82, 2.24) is 10.2 Å². The van der Waals surface area contributed by atoms with E-state index in [2.05, 4.69) is 17.1 Å². The summed E-state index contributed by atoms with van der Waals surface area (Å²) in [5.74, 6) is 0.786. The number of hydrogen-bond donors (Lipinski definition) is 2. The molecule has 3 N–H and O–H groups in total. The Hall–Kier alpha value is -1.75. The fourth-order valence-corrected chi connectivity index (χ4v) is 1.77. The Bertz CT molecular complexity index is 396. The van der Waals surface area contributed by atoms with Crippen molar-refractivity contribution in [3.8, 4) is 5.75 Å². The van der Waals surface area contributed by atoms with Crippen LogP contribution in [0, 0.1) is 0 Å². The van der Waals surface area contributed by atoms with Crippen molar-refractivity contribution in [3.05, 3.63) is 24.3 Å². The van der Waals surface area contributed by atoms with E-state index in [-0.39, 0.29) is 5.91 Å². The molecule has 1 aromatic carbocycles. The van der Waals surface area contributed by atoms with Gasteiger partial charge >= 0.3 is 0 Å². The number of nitrogen functional groups attached to an aromatic ring is 1. The molecule has 5 heteroatoms. The molecule has 1 rings (SSSR count). The maximum Gasteiger partial charge on any atom is 0.233 e. The zero-order chi connectivity index (χ0) is 14.1. The summed E-state index contributed by atoms with van der Waals surface area (Å²) in [6.45, 7) is 4.64. The number of nitrogens with zero attached hydrogens (tertiary/aromatic N) is 1. The van der Waals surface area contributed by atoms with E-state index in [1.165, 1.54) is 0 Å². The fraction of sp³-hybridized carbons (Fsp3) is 0.500. The first-order valence-electron chi connectivity index (χ1n) is 6.57. The molecular weight excluding hydrogens is 242 g/mol. The summed E-state index contributed by atoms with van der Waals surface area (Å²) < 4.78 is 5.63. The highest BCUT2D eigenvalue weighted by Gasteiger charge is 2.08. The van der Waals surface area contributed by atoms with Crippen LogP contribution in [0.1, 0.15) is 13.3 Å². The molecule has 0 atom stereocenters. The highest BCUT2D eigenvalue weighted by Crippen LogP contribution is 2.14. The van der Waals surface area contributed by atoms with Crippen LogP contribution in [-0.4, -0.2) is 44.1 Å². The Kier molecular flexibility index (Phi) is 6.74. The number of ether oxygens (including phenoxy) is 1. The van der Waals surface area contributed by atoms with Gasteiger partial charge in [-0.25, -0.2) is 0 Å². The molecule has 0 bridgehead atoms. The predicted octanol–water partition coefficient (Wildman–Crippen LogP) is 1.11. The lowest BCUT2D eigenvalue weighted by atomic mass is 10.3. The van der Waals surface area contributed by atoms with Gasteiger partial charge in [0.2, 0.25) is 5.91 Å². The Balaban J connectivity index is 2.37. The molecule has 0 aliphatic carbocycles. The van der Waals surface area contributed by atoms with Gasteiger partial charge < -0.3 is 15.8 Å². The average molecular weight is 265 g/mol. The van der Waals surface area contributed by atoms with Crippen molar-refractivity contribution in [2.45, 2.75) is 13.3 Å². The monoisotopic (exact) mass is 265 g/mol. The number of carbonyl (C=O) groups is 1. The van der Waals surface area contributed by atoms with E-state index in [4.69, 9.17) is 10.5 Å². The van der Waals surface area contributed by atoms with Crippen LogP contribution in [0.15, 0.2) is 24.3 Å². The standard InChI is InChI=1S/C14H23N3O2/c1-3-7-17(11-14(18)16-2)8-9-19-13-6-4-5-12(15)10-13/h4-6,10H,3,7-9,11,15H2,1-2H3,(H,16,18). The van der Waals surface area contributed by atoms with Gasteiger partial charge in [-0.3, -0.25) is 9.69 Å². The van der Waals surface area contributed by atoms with Crippen molar-refractivity contribution in [1.29, 1.82) is 0 Å². The molecule has 106 valence electrons. The Morgan fingerprint density at radius 2 is 2.21 bits per heavy atom. The van der Waals surface area contributed by atoms with Crippen molar-refractivity contribution < 1.29 is 9.53 Å². The second-order valence-electron chi connectivity index (χ2n) is 4.37. The van der Waals surface area contributed by atoms with Crippen LogP contribution in [0.5, 0.6) is 5.75 Å². The Morgan fingerprint density at radius 3 is 2.84 bits per heavy atom. The summed E-state index contributed by atoms with van der Waals surface area (Å²) in [4.78, 5) is 13.4. The number of amides is 1. The van der Waals surface area contributed by atoms with Gasteiger partial charge in [0.05, 0.1) is 6.54 Å². The third-order valence-corrected chi connectivity index (χ3v) is 2.72. The SMILES string of the molecule is CCCN(CCOc1cccc(N)c1)CC(=O)NC. The Morgan fingerprint density at radius 1 is 1.42 bits per heavy atom. The lowest BCUT2D eigenvalue weighted by Crippen LogP contribution is -2.38. The second kappa shape index (κ2) is 8.37. The molecule has 0 saturated heterocycles. The van der Waals surface area contributed by atoms with Gasteiger partial charge in [0.15, 0.2) is 0 Å². The predicted molar refractivity (Wildman–Crippen MR) is 77.1 cm³/mol. The summed E-state index contributed by atoms with van der Waals surface area (Å²) in [6.07, 6.45) is 1.01. The number of benzene rings is 1. The minimum absolute atomic E-state index is 0.0254. The quantitative estimate of drug-likeness (QED) is 0.691. The number of carbonyl (C=O) groups excluding carboxylic acids is 1. The molecule has 1 amide bonds. The Labute approximate surface area is 114 Å². The fourth-order valence-electron chi connectivity index (χ4n) is 1.77. The van der Waals surface area contributed by atoms with Crippen LogP contribution in [0.4, 0.5) is 5.69 Å². The molecule has 1 aromatic rings. The summed E-state index contributed by atoms with van der Waals surface area (Å²) >= 11 is 0. The van der Waals surface area contributed by atoms with Gasteiger partial charge in [0.25, 0.3) is 0 Å². The molecule has 0 fully saturated rings. The van der Waals surface area contributed by atoms with E-state index in [9.17, 15) is 4.79 Å². The summed E-state index contributed by atoms with van der Waals surface area (Å²) in [5.41, 5.74) is 6.37. The minimum Gasteiger partial charge on any atom is -0.492 e. The van der Waals surface area contributed by atoms with Crippen molar-refractivity contribution in [2.75, 3.05) is 39.0 Å². The van der Waals surface area contributed by atoms with Gasteiger partial charge in [-0.2, -0.15) is 0 Å². The lowest BCUT2D eigenvalue weighted by Gasteiger charge is -2.20. The first kappa shape index (κ1) is 15.3. The van der Waals surface area contributed by atoms with Crippen LogP contribution in [-0.2, 0) is 4.79 Å². The van der Waals surface area contributed by atoms with E-state index >= 15 is 0 Å². The van der Waals surface area contributed by atoms with Crippen LogP contribution in [0.3, 0.4) is 0 Å². The summed E-state index contributed by atoms with van der Waals surface area (Å²) in [5, 5.41) is 2.63. The van der Waals surface area contributed by atoms with Gasteiger partial charge in [-0.1, -0.05) is 13.0 Å². The van der Waals surface area contributed by atoms with Crippen molar-refractivity contribution in [3.63, 3.8) is 0 Å². The van der Waals surface area contributed by atoms with Crippen LogP contribution >= 0.6 is 0 Å². The molecule has 0 spiro atoms. The molecule has 0 aliphatic heterocycles. The number of rotatable bonds is 8. The van der Waals surface area contributed by atoms with E-state index in [1.54, 1.807) is 13.1 Å². The van der Waals surface area contributed by atoms with Crippen molar-refractivity contribution in [2.24, 2.45) is 0 Å². The highest BCUT2D eigenvalue weighted by molar-refractivity contribution is 5.77. The molecular formula is C14H23N3O2. The maximum absolute atomic E-state index is 11.4. The van der Waals surface area contributed by atoms with Gasteiger partial charge in [-0.05, 0) is 25.1 Å².